The standard InChI is InChI=1S/C24H30F3N5O2S/c1-2-35-17-6-3-15(4-7-17)12-30-20-9-10-29-13-21(20)32-22(33)14-31-23(34)18-11-16(24(25,26)27)5-8-19(18)28/h3-8,11,20-21,29-30H,2,9-10,12-14,28H2,1H3,(H,31,34)(H,32,33)/t20-,21+/m0/s1. The fraction of sp³-hybridized carbons (Fsp3) is 0.417. The molecule has 1 heterocycles. The molecule has 0 bridgehead atoms. The van der Waals surface area contributed by atoms with Crippen molar-refractivity contribution in [3.63, 3.8) is 0 Å². The largest absolute Gasteiger partial charge is 0.416 e. The van der Waals surface area contributed by atoms with Crippen LogP contribution in [0.15, 0.2) is 47.4 Å². The Hall–Kier alpha value is -2.76. The quantitative estimate of drug-likeness (QED) is 0.263. The van der Waals surface area contributed by atoms with Crippen LogP contribution < -0.4 is 27.0 Å². The second-order valence-corrected chi connectivity index (χ2v) is 9.55. The molecule has 2 atom stereocenters. The molecule has 1 saturated heterocycles. The predicted octanol–water partition coefficient (Wildman–Crippen LogP) is 2.77. The number of rotatable bonds is 9. The van der Waals surface area contributed by atoms with Crippen molar-refractivity contribution >= 4 is 29.3 Å². The molecule has 0 unspecified atom stereocenters. The molecule has 2 amide bonds. The lowest BCUT2D eigenvalue weighted by atomic mass is 10.00. The van der Waals surface area contributed by atoms with Crippen molar-refractivity contribution in [2.45, 2.75) is 43.0 Å². The Bertz CT molecular complexity index is 1020. The minimum absolute atomic E-state index is 0.0275. The second kappa shape index (κ2) is 12.3. The molecule has 0 aromatic heterocycles. The van der Waals surface area contributed by atoms with Crippen LogP contribution in [-0.4, -0.2) is 49.3 Å². The lowest BCUT2D eigenvalue weighted by Crippen LogP contribution is -2.59. The van der Waals surface area contributed by atoms with Crippen LogP contribution in [0.1, 0.15) is 34.8 Å². The monoisotopic (exact) mass is 509 g/mol. The molecular formula is C24H30F3N5O2S. The average molecular weight is 510 g/mol. The summed E-state index contributed by atoms with van der Waals surface area (Å²) in [5, 5.41) is 12.0. The molecule has 3 rings (SSSR count). The van der Waals surface area contributed by atoms with E-state index in [0.717, 1.165) is 36.4 Å². The molecule has 1 aliphatic heterocycles. The van der Waals surface area contributed by atoms with Crippen LogP contribution >= 0.6 is 11.8 Å². The molecule has 6 N–H and O–H groups in total. The Balaban J connectivity index is 1.52. The highest BCUT2D eigenvalue weighted by Gasteiger charge is 2.32. The van der Waals surface area contributed by atoms with E-state index in [1.165, 1.54) is 4.90 Å². The van der Waals surface area contributed by atoms with Gasteiger partial charge in [0.25, 0.3) is 5.91 Å². The van der Waals surface area contributed by atoms with Crippen molar-refractivity contribution in [2.24, 2.45) is 0 Å². The summed E-state index contributed by atoms with van der Waals surface area (Å²) in [4.78, 5) is 26.1. The first-order chi connectivity index (χ1) is 16.7. The molecule has 0 aliphatic carbocycles. The second-order valence-electron chi connectivity index (χ2n) is 8.21. The zero-order valence-electron chi connectivity index (χ0n) is 19.4. The van der Waals surface area contributed by atoms with Gasteiger partial charge in [0, 0.05) is 29.7 Å². The van der Waals surface area contributed by atoms with Gasteiger partial charge in [-0.15, -0.1) is 11.8 Å². The molecule has 1 fully saturated rings. The highest BCUT2D eigenvalue weighted by molar-refractivity contribution is 7.99. The summed E-state index contributed by atoms with van der Waals surface area (Å²) >= 11 is 1.78. The first kappa shape index (κ1) is 26.8. The van der Waals surface area contributed by atoms with Gasteiger partial charge in [-0.2, -0.15) is 13.2 Å². The summed E-state index contributed by atoms with van der Waals surface area (Å²) in [5.41, 5.74) is 5.40. The number of piperidine rings is 1. The van der Waals surface area contributed by atoms with E-state index in [4.69, 9.17) is 5.73 Å². The number of halogens is 3. The molecule has 2 aromatic carbocycles. The van der Waals surface area contributed by atoms with E-state index in [9.17, 15) is 22.8 Å². The van der Waals surface area contributed by atoms with Crippen molar-refractivity contribution in [3.05, 3.63) is 59.2 Å². The fourth-order valence-corrected chi connectivity index (χ4v) is 4.48. The van der Waals surface area contributed by atoms with E-state index in [1.54, 1.807) is 11.8 Å². The summed E-state index contributed by atoms with van der Waals surface area (Å²) in [6.45, 7) is 3.75. The summed E-state index contributed by atoms with van der Waals surface area (Å²) in [6.07, 6.45) is -3.80. The first-order valence-electron chi connectivity index (χ1n) is 11.4. The molecule has 35 heavy (non-hydrogen) atoms. The van der Waals surface area contributed by atoms with Crippen LogP contribution in [0.5, 0.6) is 0 Å². The van der Waals surface area contributed by atoms with Gasteiger partial charge in [0.05, 0.1) is 23.7 Å². The normalized spacial score (nSPS) is 18.2. The highest BCUT2D eigenvalue weighted by Crippen LogP contribution is 2.31. The fourth-order valence-electron chi connectivity index (χ4n) is 3.82. The number of nitrogen functional groups attached to an aromatic ring is 1. The van der Waals surface area contributed by atoms with E-state index >= 15 is 0 Å². The summed E-state index contributed by atoms with van der Waals surface area (Å²) in [7, 11) is 0. The van der Waals surface area contributed by atoms with Gasteiger partial charge in [0.2, 0.25) is 5.91 Å². The summed E-state index contributed by atoms with van der Waals surface area (Å²) < 4.78 is 38.8. The molecule has 7 nitrogen and oxygen atoms in total. The lowest BCUT2D eigenvalue weighted by Gasteiger charge is -2.33. The van der Waals surface area contributed by atoms with Crippen molar-refractivity contribution < 1.29 is 22.8 Å². The molecule has 0 saturated carbocycles. The maximum atomic E-state index is 12.9. The van der Waals surface area contributed by atoms with Crippen LogP contribution in [0, 0.1) is 0 Å². The molecule has 0 spiro atoms. The maximum Gasteiger partial charge on any atom is 0.416 e. The Morgan fingerprint density at radius 2 is 1.89 bits per heavy atom. The van der Waals surface area contributed by atoms with Gasteiger partial charge < -0.3 is 27.0 Å². The predicted molar refractivity (Wildman–Crippen MR) is 131 cm³/mol. The number of nitrogens with two attached hydrogens (primary N) is 1. The number of hydrogen-bond acceptors (Lipinski definition) is 6. The van der Waals surface area contributed by atoms with Gasteiger partial charge in [0.15, 0.2) is 0 Å². The number of amides is 2. The van der Waals surface area contributed by atoms with Gasteiger partial charge in [-0.25, -0.2) is 0 Å². The van der Waals surface area contributed by atoms with E-state index in [2.05, 4.69) is 52.5 Å². The molecule has 190 valence electrons. The number of carbonyl (C=O) groups excluding carboxylic acids is 2. The molecule has 11 heteroatoms. The molecular weight excluding hydrogens is 479 g/mol. The van der Waals surface area contributed by atoms with Crippen molar-refractivity contribution in [1.82, 2.24) is 21.3 Å². The Morgan fingerprint density at radius 1 is 1.14 bits per heavy atom. The zero-order valence-corrected chi connectivity index (χ0v) is 20.2. The zero-order chi connectivity index (χ0) is 25.4. The van der Waals surface area contributed by atoms with Crippen LogP contribution in [0.4, 0.5) is 18.9 Å². The minimum Gasteiger partial charge on any atom is -0.398 e. The number of anilines is 1. The highest BCUT2D eigenvalue weighted by atomic mass is 32.2. The number of benzene rings is 2. The Kier molecular flexibility index (Phi) is 9.41. The molecule has 2 aromatic rings. The van der Waals surface area contributed by atoms with Crippen molar-refractivity contribution in [2.75, 3.05) is 31.1 Å². The van der Waals surface area contributed by atoms with Gasteiger partial charge in [-0.05, 0) is 54.6 Å². The maximum absolute atomic E-state index is 12.9. The third kappa shape index (κ3) is 7.87. The SMILES string of the molecule is CCSc1ccc(CN[C@H]2CCNC[C@H]2NC(=O)CNC(=O)c2cc(C(F)(F)F)ccc2N)cc1. The van der Waals surface area contributed by atoms with Gasteiger partial charge in [-0.1, -0.05) is 19.1 Å². The number of carbonyl (C=O) groups is 2. The van der Waals surface area contributed by atoms with Crippen molar-refractivity contribution in [1.29, 1.82) is 0 Å². The lowest BCUT2D eigenvalue weighted by molar-refractivity contribution is -0.137. The van der Waals surface area contributed by atoms with E-state index in [0.29, 0.717) is 19.2 Å². The van der Waals surface area contributed by atoms with Crippen LogP contribution in [-0.2, 0) is 17.5 Å². The van der Waals surface area contributed by atoms with E-state index in [1.807, 2.05) is 0 Å². The smallest absolute Gasteiger partial charge is 0.398 e. The number of hydrogen-bond donors (Lipinski definition) is 5. The van der Waals surface area contributed by atoms with Gasteiger partial charge in [0.1, 0.15) is 0 Å². The van der Waals surface area contributed by atoms with Gasteiger partial charge >= 0.3 is 6.18 Å². The van der Waals surface area contributed by atoms with Crippen molar-refractivity contribution in [3.8, 4) is 0 Å². The summed E-state index contributed by atoms with van der Waals surface area (Å²) in [6, 6.07) is 10.7. The number of thioether (sulfide) groups is 1. The number of nitrogens with one attached hydrogen (secondary N) is 4. The van der Waals surface area contributed by atoms with E-state index < -0.39 is 23.6 Å². The average Bonchev–Trinajstić information content (AvgIpc) is 2.82. The van der Waals surface area contributed by atoms with Crippen LogP contribution in [0.3, 0.4) is 0 Å². The van der Waals surface area contributed by atoms with Crippen LogP contribution in [0.25, 0.3) is 0 Å². The Morgan fingerprint density at radius 3 is 2.57 bits per heavy atom. The third-order valence-electron chi connectivity index (χ3n) is 5.67. The Labute approximate surface area is 206 Å². The van der Waals surface area contributed by atoms with Crippen LogP contribution in [0.2, 0.25) is 0 Å². The minimum atomic E-state index is -4.60. The van der Waals surface area contributed by atoms with Gasteiger partial charge in [-0.3, -0.25) is 9.59 Å². The molecule has 0 radical (unpaired) electrons. The summed E-state index contributed by atoms with van der Waals surface area (Å²) in [5.74, 6) is -0.266. The topological polar surface area (TPSA) is 108 Å². The third-order valence-corrected chi connectivity index (χ3v) is 6.56. The van der Waals surface area contributed by atoms with E-state index in [-0.39, 0.29) is 29.9 Å². The first-order valence-corrected chi connectivity index (χ1v) is 12.4. The molecule has 1 aliphatic rings. The number of alkyl halides is 3.